The molecule has 0 aromatic heterocycles. The average molecular weight is 186 g/mol. The number of halogens is 1. The fourth-order valence-electron chi connectivity index (χ4n) is 0.209. The van der Waals surface area contributed by atoms with Crippen LogP contribution in [-0.2, 0) is 19.6 Å². The van der Waals surface area contributed by atoms with E-state index in [2.05, 4.69) is 11.6 Å². The summed E-state index contributed by atoms with van der Waals surface area (Å²) in [4.78, 5) is 20.1. The van der Waals surface area contributed by atoms with Crippen LogP contribution in [-0.4, -0.2) is 25.8 Å². The third-order valence-corrected chi connectivity index (χ3v) is 1.18. The molecule has 0 radical (unpaired) electrons. The van der Waals surface area contributed by atoms with E-state index in [9.17, 15) is 18.0 Å². The Labute approximate surface area is 62.4 Å². The van der Waals surface area contributed by atoms with Crippen molar-refractivity contribution in [3.63, 3.8) is 0 Å². The van der Waals surface area contributed by atoms with Gasteiger partial charge in [-0.05, 0) is 11.6 Å². The molecule has 5 nitrogen and oxygen atoms in total. The van der Waals surface area contributed by atoms with Crippen molar-refractivity contribution in [2.75, 3.05) is 6.26 Å². The molecule has 0 aromatic rings. The van der Waals surface area contributed by atoms with Crippen LogP contribution < -0.4 is 4.72 Å². The van der Waals surface area contributed by atoms with E-state index in [0.717, 1.165) is 6.26 Å². The highest BCUT2D eigenvalue weighted by atomic mass is 35.5. The van der Waals surface area contributed by atoms with Crippen LogP contribution in [0.15, 0.2) is 0 Å². The molecule has 0 aliphatic carbocycles. The predicted molar refractivity (Wildman–Crippen MR) is 33.8 cm³/mol. The van der Waals surface area contributed by atoms with Crippen LogP contribution in [0, 0.1) is 0 Å². The summed E-state index contributed by atoms with van der Waals surface area (Å²) in [5.41, 5.74) is 0. The van der Waals surface area contributed by atoms with Gasteiger partial charge in [0.25, 0.3) is 0 Å². The molecular formula is C3H4ClNO4S. The molecule has 0 aliphatic rings. The van der Waals surface area contributed by atoms with E-state index in [1.54, 1.807) is 0 Å². The van der Waals surface area contributed by atoms with Crippen molar-refractivity contribution in [1.82, 2.24) is 4.72 Å². The van der Waals surface area contributed by atoms with Gasteiger partial charge in [-0.3, -0.25) is 9.59 Å². The van der Waals surface area contributed by atoms with Gasteiger partial charge in [-0.25, -0.2) is 13.1 Å². The van der Waals surface area contributed by atoms with E-state index < -0.39 is 21.2 Å². The van der Waals surface area contributed by atoms with E-state index in [0.29, 0.717) is 0 Å². The topological polar surface area (TPSA) is 80.3 Å². The van der Waals surface area contributed by atoms with Gasteiger partial charge in [0.1, 0.15) is 0 Å². The van der Waals surface area contributed by atoms with E-state index in [1.807, 2.05) is 0 Å². The summed E-state index contributed by atoms with van der Waals surface area (Å²) >= 11 is 4.62. The van der Waals surface area contributed by atoms with Crippen molar-refractivity contribution < 1.29 is 18.0 Å². The fourth-order valence-corrected chi connectivity index (χ4v) is 0.741. The monoisotopic (exact) mass is 185 g/mol. The van der Waals surface area contributed by atoms with Gasteiger partial charge in [0.05, 0.1) is 6.26 Å². The van der Waals surface area contributed by atoms with Gasteiger partial charge in [0.15, 0.2) is 0 Å². The maximum absolute atomic E-state index is 10.2. The van der Waals surface area contributed by atoms with Crippen molar-refractivity contribution in [2.24, 2.45) is 0 Å². The third-order valence-electron chi connectivity index (χ3n) is 0.457. The summed E-state index contributed by atoms with van der Waals surface area (Å²) in [7, 11) is -3.67. The molecule has 0 bridgehead atoms. The number of nitrogens with one attached hydrogen (secondary N) is 1. The van der Waals surface area contributed by atoms with Crippen molar-refractivity contribution in [1.29, 1.82) is 0 Å². The lowest BCUT2D eigenvalue weighted by Gasteiger charge is -1.94. The van der Waals surface area contributed by atoms with E-state index >= 15 is 0 Å². The minimum atomic E-state index is -3.67. The van der Waals surface area contributed by atoms with Crippen molar-refractivity contribution in [3.05, 3.63) is 0 Å². The molecule has 0 heterocycles. The molecule has 0 atom stereocenters. The zero-order valence-electron chi connectivity index (χ0n) is 4.92. The maximum Gasteiger partial charge on any atom is 0.317 e. The summed E-state index contributed by atoms with van der Waals surface area (Å²) in [5.74, 6) is -1.34. The molecule has 7 heteroatoms. The lowest BCUT2D eigenvalue weighted by atomic mass is 10.7. The van der Waals surface area contributed by atoms with Crippen LogP contribution in [0.5, 0.6) is 0 Å². The molecule has 1 N–H and O–H groups in total. The maximum atomic E-state index is 10.2. The number of rotatable bonds is 2. The van der Waals surface area contributed by atoms with E-state index in [4.69, 9.17) is 0 Å². The predicted octanol–water partition coefficient (Wildman–Crippen LogP) is -1.17. The zero-order chi connectivity index (χ0) is 8.36. The first kappa shape index (κ1) is 9.38. The first-order chi connectivity index (χ1) is 4.33. The Kier molecular flexibility index (Phi) is 2.79. The summed E-state index contributed by atoms with van der Waals surface area (Å²) in [6.07, 6.45) is 0.741. The number of hydrogen-bond acceptors (Lipinski definition) is 4. The average Bonchev–Trinajstić information content (AvgIpc) is 1.60. The molecule has 0 aliphatic heterocycles. The van der Waals surface area contributed by atoms with Crippen LogP contribution >= 0.6 is 11.6 Å². The molecule has 0 aromatic carbocycles. The number of hydrogen-bond donors (Lipinski definition) is 1. The molecule has 1 amide bonds. The van der Waals surface area contributed by atoms with Gasteiger partial charge >= 0.3 is 11.1 Å². The number of carbonyl (C=O) groups is 2. The highest BCUT2D eigenvalue weighted by Crippen LogP contribution is 1.81. The summed E-state index contributed by atoms with van der Waals surface area (Å²) < 4.78 is 21.8. The largest absolute Gasteiger partial charge is 0.317 e. The minimum Gasteiger partial charge on any atom is -0.270 e. The summed E-state index contributed by atoms with van der Waals surface area (Å²) in [6.45, 7) is 0. The Bertz CT molecular complexity index is 256. The Morgan fingerprint density at radius 1 is 1.40 bits per heavy atom. The highest BCUT2D eigenvalue weighted by Gasteiger charge is 2.13. The normalized spacial score (nSPS) is 10.6. The molecular weight excluding hydrogens is 182 g/mol. The first-order valence-electron chi connectivity index (χ1n) is 2.04. The van der Waals surface area contributed by atoms with Crippen LogP contribution in [0.2, 0.25) is 0 Å². The Hall–Kier alpha value is -0.620. The quantitative estimate of drug-likeness (QED) is 0.434. The first-order valence-corrected chi connectivity index (χ1v) is 4.31. The summed E-state index contributed by atoms with van der Waals surface area (Å²) in [5, 5.41) is -1.36. The smallest absolute Gasteiger partial charge is 0.270 e. The van der Waals surface area contributed by atoms with Crippen LogP contribution in [0.4, 0.5) is 0 Å². The summed E-state index contributed by atoms with van der Waals surface area (Å²) in [6, 6.07) is 0. The molecule has 0 unspecified atom stereocenters. The molecule has 10 heavy (non-hydrogen) atoms. The van der Waals surface area contributed by atoms with E-state index in [1.165, 1.54) is 4.72 Å². The Morgan fingerprint density at radius 2 is 1.80 bits per heavy atom. The van der Waals surface area contributed by atoms with Gasteiger partial charge in [0, 0.05) is 0 Å². The van der Waals surface area contributed by atoms with E-state index in [-0.39, 0.29) is 0 Å². The lowest BCUT2D eigenvalue weighted by Crippen LogP contribution is -2.32. The van der Waals surface area contributed by atoms with Crippen molar-refractivity contribution in [3.8, 4) is 0 Å². The van der Waals surface area contributed by atoms with Gasteiger partial charge < -0.3 is 0 Å². The Morgan fingerprint density at radius 3 is 1.90 bits per heavy atom. The molecule has 0 rings (SSSR count). The van der Waals surface area contributed by atoms with Gasteiger partial charge in [-0.1, -0.05) is 0 Å². The van der Waals surface area contributed by atoms with Gasteiger partial charge in [0.2, 0.25) is 10.0 Å². The SMILES string of the molecule is CS(=O)(=O)NC(=O)C(=O)Cl. The van der Waals surface area contributed by atoms with Crippen LogP contribution in [0.3, 0.4) is 0 Å². The highest BCUT2D eigenvalue weighted by molar-refractivity contribution is 7.89. The second kappa shape index (κ2) is 2.98. The van der Waals surface area contributed by atoms with Crippen molar-refractivity contribution >= 4 is 32.8 Å². The molecule has 0 saturated carbocycles. The molecule has 0 saturated heterocycles. The van der Waals surface area contributed by atoms with Gasteiger partial charge in [-0.15, -0.1) is 0 Å². The van der Waals surface area contributed by atoms with Gasteiger partial charge in [-0.2, -0.15) is 0 Å². The number of sulfonamides is 1. The van der Waals surface area contributed by atoms with Crippen LogP contribution in [0.25, 0.3) is 0 Å². The molecule has 0 fully saturated rings. The molecule has 58 valence electrons. The standard InChI is InChI=1S/C3H4ClNO4S/c1-10(8,9)5-3(7)2(4)6/h1H3,(H,5,7). The second-order valence-electron chi connectivity index (χ2n) is 1.48. The third kappa shape index (κ3) is 4.28. The second-order valence-corrected chi connectivity index (χ2v) is 3.57. The van der Waals surface area contributed by atoms with Crippen LogP contribution in [0.1, 0.15) is 0 Å². The van der Waals surface area contributed by atoms with Crippen molar-refractivity contribution in [2.45, 2.75) is 0 Å². The molecule has 0 spiro atoms. The zero-order valence-corrected chi connectivity index (χ0v) is 6.49. The Balaban J connectivity index is 4.21. The minimum absolute atomic E-state index is 0.741. The fraction of sp³-hybridized carbons (Fsp3) is 0.333. The number of amides is 1. The lowest BCUT2D eigenvalue weighted by molar-refractivity contribution is -0.132. The number of carbonyl (C=O) groups excluding carboxylic acids is 2.